The molecule has 0 saturated heterocycles. The number of hydrogen-bond acceptors (Lipinski definition) is 2. The Morgan fingerprint density at radius 3 is 1.37 bits per heavy atom. The summed E-state index contributed by atoms with van der Waals surface area (Å²) in [5.41, 5.74) is 16.0. The van der Waals surface area contributed by atoms with Crippen molar-refractivity contribution in [2.24, 2.45) is 0 Å². The molecule has 9 aromatic rings. The quantitative estimate of drug-likeness (QED) is 0.181. The summed E-state index contributed by atoms with van der Waals surface area (Å²) < 4.78 is 4.49. The largest absolute Gasteiger partial charge is 0.309 e. The summed E-state index contributed by atoms with van der Waals surface area (Å²) in [6.07, 6.45) is 0. The lowest BCUT2D eigenvalue weighted by Gasteiger charge is -2.22. The van der Waals surface area contributed by atoms with Crippen molar-refractivity contribution in [3.05, 3.63) is 167 Å². The topological polar surface area (TPSA) is 57.4 Å². The van der Waals surface area contributed by atoms with Gasteiger partial charge >= 0.3 is 0 Å². The molecule has 7 aromatic carbocycles. The van der Waals surface area contributed by atoms with E-state index in [0.29, 0.717) is 16.8 Å². The van der Waals surface area contributed by atoms with Crippen LogP contribution in [0.5, 0.6) is 0 Å². The molecule has 0 bridgehead atoms. The minimum absolute atomic E-state index is 0.176. The molecule has 4 heteroatoms. The summed E-state index contributed by atoms with van der Waals surface area (Å²) in [7, 11) is 0. The number of benzene rings is 7. The number of rotatable bonds is 2. The number of aromatic nitrogens is 2. The van der Waals surface area contributed by atoms with Gasteiger partial charge in [0.05, 0.1) is 38.9 Å². The molecule has 0 saturated carbocycles. The third-order valence-electron chi connectivity index (χ3n) is 12.6. The van der Waals surface area contributed by atoms with E-state index in [2.05, 4.69) is 164 Å². The molecule has 11 rings (SSSR count). The maximum atomic E-state index is 11.1. The second kappa shape index (κ2) is 10.4. The Balaban J connectivity index is 1.27. The zero-order chi connectivity index (χ0) is 36.7. The Hall–Kier alpha value is -6.88. The van der Waals surface area contributed by atoms with Gasteiger partial charge in [0, 0.05) is 49.2 Å². The van der Waals surface area contributed by atoms with Crippen molar-refractivity contribution in [1.82, 2.24) is 9.13 Å². The van der Waals surface area contributed by atoms with Crippen molar-refractivity contribution < 1.29 is 0 Å². The molecule has 0 fully saturated rings. The van der Waals surface area contributed by atoms with Gasteiger partial charge in [-0.15, -0.1) is 0 Å². The molecule has 0 spiro atoms. The molecule has 0 amide bonds. The summed E-state index contributed by atoms with van der Waals surface area (Å²) in [5, 5.41) is 26.8. The molecule has 0 aliphatic heterocycles. The second-order valence-corrected chi connectivity index (χ2v) is 15.9. The molecule has 2 aromatic heterocycles. The second-order valence-electron chi connectivity index (χ2n) is 15.9. The molecule has 0 N–H and O–H groups in total. The van der Waals surface area contributed by atoms with Crippen LogP contribution in [-0.4, -0.2) is 9.13 Å². The van der Waals surface area contributed by atoms with Crippen LogP contribution in [0.3, 0.4) is 0 Å². The van der Waals surface area contributed by atoms with Crippen molar-refractivity contribution in [1.29, 1.82) is 10.5 Å². The summed E-state index contributed by atoms with van der Waals surface area (Å²) in [6.45, 7) is 9.17. The maximum absolute atomic E-state index is 11.1. The number of nitriles is 2. The first-order valence-electron chi connectivity index (χ1n) is 18.6. The van der Waals surface area contributed by atoms with E-state index >= 15 is 0 Å². The van der Waals surface area contributed by atoms with E-state index in [1.807, 2.05) is 18.2 Å². The van der Waals surface area contributed by atoms with Gasteiger partial charge in [0.1, 0.15) is 12.1 Å². The normalized spacial score (nSPS) is 14.6. The van der Waals surface area contributed by atoms with Crippen LogP contribution in [0.1, 0.15) is 61.1 Å². The van der Waals surface area contributed by atoms with Crippen LogP contribution >= 0.6 is 0 Å². The van der Waals surface area contributed by atoms with E-state index in [0.717, 1.165) is 49.3 Å². The highest BCUT2D eigenvalue weighted by Gasteiger charge is 2.39. The fraction of sp³-hybridized carbons (Fsp3) is 0.120. The van der Waals surface area contributed by atoms with Gasteiger partial charge in [0.25, 0.3) is 0 Å². The summed E-state index contributed by atoms with van der Waals surface area (Å²) in [6, 6.07) is 52.4. The summed E-state index contributed by atoms with van der Waals surface area (Å²) >= 11 is 0. The molecular formula is C50H34N4. The fourth-order valence-electron chi connectivity index (χ4n) is 10.1. The molecule has 2 aliphatic rings. The molecule has 4 nitrogen and oxygen atoms in total. The van der Waals surface area contributed by atoms with Gasteiger partial charge in [-0.3, -0.25) is 0 Å². The first-order chi connectivity index (χ1) is 26.3. The lowest BCUT2D eigenvalue weighted by Crippen LogP contribution is -2.14. The highest BCUT2D eigenvalue weighted by Crippen LogP contribution is 2.55. The molecule has 2 heterocycles. The predicted octanol–water partition coefficient (Wildman–Crippen LogP) is 12.2. The molecule has 2 aliphatic carbocycles. The lowest BCUT2D eigenvalue weighted by atomic mass is 9.82. The van der Waals surface area contributed by atoms with Crippen molar-refractivity contribution in [2.75, 3.05) is 0 Å². The van der Waals surface area contributed by atoms with E-state index in [1.54, 1.807) is 0 Å². The zero-order valence-corrected chi connectivity index (χ0v) is 30.5. The van der Waals surface area contributed by atoms with Crippen LogP contribution in [-0.2, 0) is 10.8 Å². The Morgan fingerprint density at radius 1 is 0.444 bits per heavy atom. The Morgan fingerprint density at radius 2 is 0.870 bits per heavy atom. The SMILES string of the molecule is CC1(C)c2ccccc2-c2c1ccc1c3ccccc3n(-c3cc(C#N)c(-n4c5ccccc5c5ccc6c(c54)-c4ccccc4C6(C)C)c(C#N)c3)c21. The maximum Gasteiger partial charge on any atom is 0.101 e. The van der Waals surface area contributed by atoms with Gasteiger partial charge in [-0.1, -0.05) is 137 Å². The molecule has 54 heavy (non-hydrogen) atoms. The summed E-state index contributed by atoms with van der Waals surface area (Å²) in [5.74, 6) is 0. The highest BCUT2D eigenvalue weighted by molar-refractivity contribution is 6.17. The minimum atomic E-state index is -0.203. The van der Waals surface area contributed by atoms with Crippen molar-refractivity contribution >= 4 is 43.6 Å². The van der Waals surface area contributed by atoms with Gasteiger partial charge in [-0.05, 0) is 57.6 Å². The third kappa shape index (κ3) is 3.65. The van der Waals surface area contributed by atoms with Crippen molar-refractivity contribution in [3.63, 3.8) is 0 Å². The van der Waals surface area contributed by atoms with Crippen LogP contribution in [0, 0.1) is 22.7 Å². The van der Waals surface area contributed by atoms with E-state index in [9.17, 15) is 10.5 Å². The van der Waals surface area contributed by atoms with Crippen LogP contribution in [0.25, 0.3) is 77.2 Å². The van der Waals surface area contributed by atoms with Gasteiger partial charge in [0.2, 0.25) is 0 Å². The number of nitrogens with zero attached hydrogens (tertiary/aromatic N) is 4. The standard InChI is InChI=1S/C50H34N4/c1-49(2)38-17-9-5-15-36(38)44-40(49)23-21-34-32-13-7-11-19-42(32)53(47(34)44)31-25-29(27-51)46(30(26-31)28-52)54-43-20-12-8-14-33(43)35-22-24-41-45(48(35)54)37-16-6-10-18-39(37)50(41,3)4/h5-26H,1-4H3. The Bertz CT molecular complexity index is 3210. The number of fused-ring (bicyclic) bond motifs is 14. The van der Waals surface area contributed by atoms with E-state index in [-0.39, 0.29) is 10.8 Å². The Kier molecular flexibility index (Phi) is 5.90. The van der Waals surface area contributed by atoms with Crippen LogP contribution in [0.4, 0.5) is 0 Å². The lowest BCUT2D eigenvalue weighted by molar-refractivity contribution is 0.660. The number of hydrogen-bond donors (Lipinski definition) is 0. The summed E-state index contributed by atoms with van der Waals surface area (Å²) in [4.78, 5) is 0. The highest BCUT2D eigenvalue weighted by atomic mass is 15.0. The molecule has 254 valence electrons. The van der Waals surface area contributed by atoms with Crippen LogP contribution < -0.4 is 0 Å². The van der Waals surface area contributed by atoms with Crippen LogP contribution in [0.2, 0.25) is 0 Å². The number of para-hydroxylation sites is 2. The van der Waals surface area contributed by atoms with Crippen LogP contribution in [0.15, 0.2) is 133 Å². The molecule has 0 radical (unpaired) electrons. The van der Waals surface area contributed by atoms with Crippen molar-refractivity contribution in [3.8, 4) is 45.8 Å². The molecular weight excluding hydrogens is 657 g/mol. The fourth-order valence-corrected chi connectivity index (χ4v) is 10.1. The van der Waals surface area contributed by atoms with Gasteiger partial charge in [0.15, 0.2) is 0 Å². The minimum Gasteiger partial charge on any atom is -0.309 e. The average Bonchev–Trinajstić information content (AvgIpc) is 3.86. The van der Waals surface area contributed by atoms with Gasteiger partial charge in [-0.2, -0.15) is 10.5 Å². The van der Waals surface area contributed by atoms with Gasteiger partial charge in [-0.25, -0.2) is 0 Å². The monoisotopic (exact) mass is 690 g/mol. The first-order valence-corrected chi connectivity index (χ1v) is 18.6. The molecule has 0 unspecified atom stereocenters. The van der Waals surface area contributed by atoms with Gasteiger partial charge < -0.3 is 9.13 Å². The molecule has 0 atom stereocenters. The van der Waals surface area contributed by atoms with E-state index in [4.69, 9.17) is 0 Å². The third-order valence-corrected chi connectivity index (χ3v) is 12.6. The van der Waals surface area contributed by atoms with E-state index in [1.165, 1.54) is 44.5 Å². The first kappa shape index (κ1) is 30.7. The predicted molar refractivity (Wildman–Crippen MR) is 220 cm³/mol. The smallest absolute Gasteiger partial charge is 0.101 e. The zero-order valence-electron chi connectivity index (χ0n) is 30.5. The van der Waals surface area contributed by atoms with Crippen molar-refractivity contribution in [2.45, 2.75) is 38.5 Å². The average molecular weight is 691 g/mol. The van der Waals surface area contributed by atoms with E-state index < -0.39 is 0 Å². The Labute approximate surface area is 313 Å².